The van der Waals surface area contributed by atoms with Crippen molar-refractivity contribution in [2.45, 2.75) is 4.90 Å². The van der Waals surface area contributed by atoms with E-state index in [1.54, 1.807) is 17.5 Å². The zero-order valence-corrected chi connectivity index (χ0v) is 17.3. The topological polar surface area (TPSA) is 77.3 Å². The van der Waals surface area contributed by atoms with E-state index in [9.17, 15) is 22.5 Å². The molecule has 30 heavy (non-hydrogen) atoms. The van der Waals surface area contributed by atoms with E-state index in [0.717, 1.165) is 6.07 Å². The standard InChI is InChI=1S/C20H16F2N4O2S2/c21-16-9-15(10-17(22)11-16)18-13-29-20(24-18)25-5-7-26(8-6-25)30(27,28)19-4-2-1-3-14(19)12-23/h1-4,9-11,13H,5-8H2. The van der Waals surface area contributed by atoms with Crippen molar-refractivity contribution < 1.29 is 17.2 Å². The predicted molar refractivity (Wildman–Crippen MR) is 110 cm³/mol. The van der Waals surface area contributed by atoms with Gasteiger partial charge < -0.3 is 4.90 Å². The number of hydrogen-bond acceptors (Lipinski definition) is 6. The van der Waals surface area contributed by atoms with E-state index in [4.69, 9.17) is 0 Å². The van der Waals surface area contributed by atoms with Crippen molar-refractivity contribution in [2.24, 2.45) is 0 Å². The summed E-state index contributed by atoms with van der Waals surface area (Å²) in [6.45, 7) is 1.31. The highest BCUT2D eigenvalue weighted by Crippen LogP contribution is 2.30. The van der Waals surface area contributed by atoms with Gasteiger partial charge in [-0.3, -0.25) is 0 Å². The molecule has 0 saturated carbocycles. The zero-order valence-electron chi connectivity index (χ0n) is 15.6. The lowest BCUT2D eigenvalue weighted by Gasteiger charge is -2.33. The highest BCUT2D eigenvalue weighted by atomic mass is 32.2. The summed E-state index contributed by atoms with van der Waals surface area (Å²) in [5.41, 5.74) is 0.933. The molecule has 154 valence electrons. The van der Waals surface area contributed by atoms with Crippen LogP contribution in [0.3, 0.4) is 0 Å². The number of halogens is 2. The largest absolute Gasteiger partial charge is 0.345 e. The minimum absolute atomic E-state index is 0.00520. The van der Waals surface area contributed by atoms with E-state index in [2.05, 4.69) is 4.98 Å². The van der Waals surface area contributed by atoms with Gasteiger partial charge >= 0.3 is 0 Å². The number of rotatable bonds is 4. The average molecular weight is 447 g/mol. The third-order valence-electron chi connectivity index (χ3n) is 4.78. The van der Waals surface area contributed by atoms with E-state index in [1.807, 2.05) is 11.0 Å². The number of aromatic nitrogens is 1. The van der Waals surface area contributed by atoms with Crippen LogP contribution in [0.5, 0.6) is 0 Å². The van der Waals surface area contributed by atoms with Crippen LogP contribution >= 0.6 is 11.3 Å². The van der Waals surface area contributed by atoms with Crippen LogP contribution in [0.15, 0.2) is 52.7 Å². The number of thiazole rings is 1. The molecule has 0 spiro atoms. The van der Waals surface area contributed by atoms with Crippen molar-refractivity contribution in [1.82, 2.24) is 9.29 Å². The molecule has 0 bridgehead atoms. The lowest BCUT2D eigenvalue weighted by Crippen LogP contribution is -2.48. The molecule has 1 aliphatic heterocycles. The van der Waals surface area contributed by atoms with Crippen molar-refractivity contribution in [3.8, 4) is 17.3 Å². The smallest absolute Gasteiger partial charge is 0.244 e. The van der Waals surface area contributed by atoms with E-state index in [1.165, 1.54) is 39.9 Å². The van der Waals surface area contributed by atoms with Gasteiger partial charge in [0.05, 0.1) is 16.2 Å². The Labute approximate surface area is 176 Å². The van der Waals surface area contributed by atoms with Crippen LogP contribution in [0, 0.1) is 23.0 Å². The van der Waals surface area contributed by atoms with E-state index in [0.29, 0.717) is 29.5 Å². The molecule has 10 heteroatoms. The van der Waals surface area contributed by atoms with Gasteiger partial charge in [-0.25, -0.2) is 22.2 Å². The van der Waals surface area contributed by atoms with Crippen LogP contribution in [0.1, 0.15) is 5.56 Å². The summed E-state index contributed by atoms with van der Waals surface area (Å²) >= 11 is 1.33. The van der Waals surface area contributed by atoms with Crippen LogP contribution in [0.25, 0.3) is 11.3 Å². The third kappa shape index (κ3) is 3.92. The number of nitriles is 1. The summed E-state index contributed by atoms with van der Waals surface area (Å²) in [4.78, 5) is 6.40. The molecular formula is C20H16F2N4O2S2. The van der Waals surface area contributed by atoms with Crippen LogP contribution in [0.2, 0.25) is 0 Å². The second-order valence-corrected chi connectivity index (χ2v) is 9.42. The Kier molecular flexibility index (Phi) is 5.51. The van der Waals surface area contributed by atoms with Gasteiger partial charge in [0.15, 0.2) is 5.13 Å². The molecule has 6 nitrogen and oxygen atoms in total. The molecule has 3 aromatic rings. The maximum atomic E-state index is 13.5. The zero-order chi connectivity index (χ0) is 21.3. The molecule has 1 saturated heterocycles. The van der Waals surface area contributed by atoms with Gasteiger partial charge in [0.25, 0.3) is 0 Å². The number of hydrogen-bond donors (Lipinski definition) is 0. The summed E-state index contributed by atoms with van der Waals surface area (Å²) in [5.74, 6) is -1.34. The first-order valence-electron chi connectivity index (χ1n) is 9.05. The minimum Gasteiger partial charge on any atom is -0.345 e. The fourth-order valence-corrected chi connectivity index (χ4v) is 5.74. The Balaban J connectivity index is 1.49. The first-order valence-corrected chi connectivity index (χ1v) is 11.4. The lowest BCUT2D eigenvalue weighted by atomic mass is 10.1. The molecule has 1 aromatic heterocycles. The molecule has 0 amide bonds. The maximum Gasteiger partial charge on any atom is 0.244 e. The Morgan fingerprint density at radius 3 is 2.37 bits per heavy atom. The van der Waals surface area contributed by atoms with E-state index >= 15 is 0 Å². The fourth-order valence-electron chi connectivity index (χ4n) is 3.29. The van der Waals surface area contributed by atoms with Crippen LogP contribution < -0.4 is 4.90 Å². The summed E-state index contributed by atoms with van der Waals surface area (Å²) in [7, 11) is -3.77. The Bertz CT molecular complexity index is 1210. The number of piperazine rings is 1. The minimum atomic E-state index is -3.77. The van der Waals surface area contributed by atoms with Crippen LogP contribution in [-0.4, -0.2) is 43.9 Å². The molecule has 0 unspecified atom stereocenters. The number of anilines is 1. The first kappa shape index (κ1) is 20.4. The second kappa shape index (κ2) is 8.10. The van der Waals surface area contributed by atoms with Gasteiger partial charge in [-0.2, -0.15) is 9.57 Å². The number of benzene rings is 2. The highest BCUT2D eigenvalue weighted by molar-refractivity contribution is 7.89. The van der Waals surface area contributed by atoms with E-state index < -0.39 is 21.7 Å². The first-order chi connectivity index (χ1) is 14.4. The van der Waals surface area contributed by atoms with E-state index in [-0.39, 0.29) is 23.5 Å². The van der Waals surface area contributed by atoms with Crippen LogP contribution in [-0.2, 0) is 10.0 Å². The summed E-state index contributed by atoms with van der Waals surface area (Å²) < 4.78 is 54.2. The molecule has 0 N–H and O–H groups in total. The Morgan fingerprint density at radius 2 is 1.70 bits per heavy atom. The second-order valence-electron chi connectivity index (χ2n) is 6.67. The van der Waals surface area contributed by atoms with Gasteiger partial charge in [-0.1, -0.05) is 12.1 Å². The van der Waals surface area contributed by atoms with Gasteiger partial charge in [0.2, 0.25) is 10.0 Å². The third-order valence-corrected chi connectivity index (χ3v) is 7.64. The van der Waals surface area contributed by atoms with Crippen molar-refractivity contribution in [3.05, 3.63) is 65.0 Å². The van der Waals surface area contributed by atoms with Gasteiger partial charge in [-0.05, 0) is 24.3 Å². The monoisotopic (exact) mass is 446 g/mol. The molecule has 0 atom stereocenters. The molecule has 1 fully saturated rings. The summed E-state index contributed by atoms with van der Waals surface area (Å²) in [6.07, 6.45) is 0. The van der Waals surface area contributed by atoms with Gasteiger partial charge in [0, 0.05) is 43.2 Å². The van der Waals surface area contributed by atoms with Crippen molar-refractivity contribution in [2.75, 3.05) is 31.1 Å². The summed E-state index contributed by atoms with van der Waals surface area (Å²) in [5, 5.41) is 11.6. The quantitative estimate of drug-likeness (QED) is 0.613. The molecule has 2 aromatic carbocycles. The SMILES string of the molecule is N#Cc1ccccc1S(=O)(=O)N1CCN(c2nc(-c3cc(F)cc(F)c3)cs2)CC1. The maximum absolute atomic E-state index is 13.5. The Morgan fingerprint density at radius 1 is 1.03 bits per heavy atom. The van der Waals surface area contributed by atoms with Crippen molar-refractivity contribution >= 4 is 26.5 Å². The van der Waals surface area contributed by atoms with Crippen molar-refractivity contribution in [1.29, 1.82) is 5.26 Å². The average Bonchev–Trinajstić information content (AvgIpc) is 3.23. The lowest BCUT2D eigenvalue weighted by molar-refractivity contribution is 0.384. The molecule has 0 aliphatic carbocycles. The molecule has 1 aliphatic rings. The highest BCUT2D eigenvalue weighted by Gasteiger charge is 2.31. The fraction of sp³-hybridized carbons (Fsp3) is 0.200. The molecule has 2 heterocycles. The van der Waals surface area contributed by atoms with Crippen LogP contribution in [0.4, 0.5) is 13.9 Å². The number of sulfonamides is 1. The predicted octanol–water partition coefficient (Wildman–Crippen LogP) is 3.47. The molecular weight excluding hydrogens is 430 g/mol. The number of nitrogens with zero attached hydrogens (tertiary/aromatic N) is 4. The molecule has 4 rings (SSSR count). The normalized spacial score (nSPS) is 15.2. The molecule has 0 radical (unpaired) electrons. The van der Waals surface area contributed by atoms with Gasteiger partial charge in [-0.15, -0.1) is 11.3 Å². The van der Waals surface area contributed by atoms with Gasteiger partial charge in [0.1, 0.15) is 17.7 Å². The van der Waals surface area contributed by atoms with Crippen molar-refractivity contribution in [3.63, 3.8) is 0 Å². The Hall–Kier alpha value is -2.87. The summed E-state index contributed by atoms with van der Waals surface area (Å²) in [6, 6.07) is 11.3.